The van der Waals surface area contributed by atoms with Gasteiger partial charge in [0.15, 0.2) is 0 Å². The van der Waals surface area contributed by atoms with E-state index in [1.807, 2.05) is 6.92 Å². The van der Waals surface area contributed by atoms with Crippen LogP contribution in [-0.4, -0.2) is 38.0 Å². The molecule has 0 atom stereocenters. The van der Waals surface area contributed by atoms with Crippen molar-refractivity contribution in [3.05, 3.63) is 64.2 Å². The highest BCUT2D eigenvalue weighted by Gasteiger charge is 2.37. The number of rotatable bonds is 3. The first-order chi connectivity index (χ1) is 12.4. The number of hydrogen-bond donors (Lipinski definition) is 0. The number of methoxy groups -OCH3 is 2. The molecule has 2 amide bonds. The number of imide groups is 1. The number of carbonyl (C=O) groups is 4. The highest BCUT2D eigenvalue weighted by atomic mass is 16.5. The van der Waals surface area contributed by atoms with E-state index in [9.17, 15) is 19.2 Å². The number of fused-ring (bicyclic) bond motifs is 1. The Morgan fingerprint density at radius 1 is 0.808 bits per heavy atom. The standard InChI is InChI=1S/C19H15NO6/c1-10-4-5-14-15(6-10)17(22)20(16(14)21)13-8-11(18(23)25-2)7-12(9-13)19(24)26-3/h4-9H,1-3H3. The van der Waals surface area contributed by atoms with E-state index in [0.29, 0.717) is 0 Å². The van der Waals surface area contributed by atoms with Crippen molar-refractivity contribution in [1.82, 2.24) is 0 Å². The molecular weight excluding hydrogens is 338 g/mol. The molecular formula is C19H15NO6. The molecule has 0 saturated heterocycles. The van der Waals surface area contributed by atoms with E-state index < -0.39 is 23.8 Å². The Labute approximate surface area is 149 Å². The van der Waals surface area contributed by atoms with Crippen LogP contribution in [0.2, 0.25) is 0 Å². The van der Waals surface area contributed by atoms with Crippen molar-refractivity contribution >= 4 is 29.4 Å². The Kier molecular flexibility index (Phi) is 4.29. The lowest BCUT2D eigenvalue weighted by Crippen LogP contribution is -2.30. The second-order valence-corrected chi connectivity index (χ2v) is 5.75. The molecule has 0 N–H and O–H groups in total. The van der Waals surface area contributed by atoms with Crippen LogP contribution in [0.4, 0.5) is 5.69 Å². The number of esters is 2. The van der Waals surface area contributed by atoms with Crippen molar-refractivity contribution in [2.75, 3.05) is 19.1 Å². The third-order valence-electron chi connectivity index (χ3n) is 4.06. The maximum atomic E-state index is 12.7. The molecule has 0 spiro atoms. The topological polar surface area (TPSA) is 90.0 Å². The lowest BCUT2D eigenvalue weighted by atomic mass is 10.1. The predicted molar refractivity (Wildman–Crippen MR) is 91.4 cm³/mol. The van der Waals surface area contributed by atoms with Crippen LogP contribution in [0.15, 0.2) is 36.4 Å². The van der Waals surface area contributed by atoms with Crippen molar-refractivity contribution in [3.8, 4) is 0 Å². The summed E-state index contributed by atoms with van der Waals surface area (Å²) in [6.45, 7) is 1.81. The Balaban J connectivity index is 2.14. The van der Waals surface area contributed by atoms with Gasteiger partial charge < -0.3 is 9.47 Å². The molecule has 0 unspecified atom stereocenters. The summed E-state index contributed by atoms with van der Waals surface area (Å²) in [5.74, 6) is -2.46. The first-order valence-electron chi connectivity index (χ1n) is 7.68. The van der Waals surface area contributed by atoms with E-state index >= 15 is 0 Å². The van der Waals surface area contributed by atoms with Gasteiger partial charge in [0.1, 0.15) is 0 Å². The maximum Gasteiger partial charge on any atom is 0.337 e. The Morgan fingerprint density at radius 3 is 1.88 bits per heavy atom. The van der Waals surface area contributed by atoms with Gasteiger partial charge in [0, 0.05) is 0 Å². The van der Waals surface area contributed by atoms with Crippen LogP contribution in [0.5, 0.6) is 0 Å². The van der Waals surface area contributed by atoms with Crippen LogP contribution in [0, 0.1) is 6.92 Å². The number of nitrogens with zero attached hydrogens (tertiary/aromatic N) is 1. The zero-order chi connectivity index (χ0) is 19.0. The van der Waals surface area contributed by atoms with Crippen molar-refractivity contribution < 1.29 is 28.7 Å². The van der Waals surface area contributed by atoms with Gasteiger partial charge in [-0.05, 0) is 37.3 Å². The minimum Gasteiger partial charge on any atom is -0.465 e. The Hall–Kier alpha value is -3.48. The van der Waals surface area contributed by atoms with Gasteiger partial charge >= 0.3 is 11.9 Å². The molecule has 1 aliphatic heterocycles. The van der Waals surface area contributed by atoms with Crippen molar-refractivity contribution in [2.24, 2.45) is 0 Å². The summed E-state index contributed by atoms with van der Waals surface area (Å²) in [6, 6.07) is 8.87. The van der Waals surface area contributed by atoms with Gasteiger partial charge in [-0.2, -0.15) is 0 Å². The maximum absolute atomic E-state index is 12.7. The quantitative estimate of drug-likeness (QED) is 0.622. The largest absolute Gasteiger partial charge is 0.465 e. The van der Waals surface area contributed by atoms with E-state index in [1.54, 1.807) is 18.2 Å². The van der Waals surface area contributed by atoms with Gasteiger partial charge in [-0.15, -0.1) is 0 Å². The third-order valence-corrected chi connectivity index (χ3v) is 4.06. The number of aryl methyl sites for hydroxylation is 1. The van der Waals surface area contributed by atoms with Gasteiger partial charge in [-0.25, -0.2) is 14.5 Å². The van der Waals surface area contributed by atoms with E-state index in [0.717, 1.165) is 10.5 Å². The van der Waals surface area contributed by atoms with Gasteiger partial charge in [-0.3, -0.25) is 9.59 Å². The zero-order valence-electron chi connectivity index (χ0n) is 14.4. The molecule has 3 rings (SSSR count). The van der Waals surface area contributed by atoms with Crippen LogP contribution in [0.3, 0.4) is 0 Å². The van der Waals surface area contributed by atoms with Gasteiger partial charge in [0.05, 0.1) is 42.2 Å². The Bertz CT molecular complexity index is 928. The molecule has 7 nitrogen and oxygen atoms in total. The molecule has 0 fully saturated rings. The fourth-order valence-corrected chi connectivity index (χ4v) is 2.80. The van der Waals surface area contributed by atoms with Gasteiger partial charge in [0.25, 0.3) is 11.8 Å². The van der Waals surface area contributed by atoms with Crippen molar-refractivity contribution in [1.29, 1.82) is 0 Å². The normalized spacial score (nSPS) is 12.8. The molecule has 0 saturated carbocycles. The predicted octanol–water partition coefficient (Wildman–Crippen LogP) is 2.37. The third kappa shape index (κ3) is 2.73. The second-order valence-electron chi connectivity index (χ2n) is 5.75. The molecule has 2 aromatic carbocycles. The van der Waals surface area contributed by atoms with E-state index in [1.165, 1.54) is 32.4 Å². The van der Waals surface area contributed by atoms with Crippen molar-refractivity contribution in [2.45, 2.75) is 6.92 Å². The first-order valence-corrected chi connectivity index (χ1v) is 7.68. The van der Waals surface area contributed by atoms with Crippen LogP contribution in [-0.2, 0) is 9.47 Å². The molecule has 1 heterocycles. The average molecular weight is 353 g/mol. The number of ether oxygens (including phenoxy) is 2. The summed E-state index contributed by atoms with van der Waals surface area (Å²) >= 11 is 0. The number of hydrogen-bond acceptors (Lipinski definition) is 6. The van der Waals surface area contributed by atoms with Crippen LogP contribution < -0.4 is 4.90 Å². The van der Waals surface area contributed by atoms with Crippen LogP contribution >= 0.6 is 0 Å². The summed E-state index contributed by atoms with van der Waals surface area (Å²) < 4.78 is 9.35. The SMILES string of the molecule is COC(=O)c1cc(C(=O)OC)cc(N2C(=O)c3ccc(C)cc3C2=O)c1. The van der Waals surface area contributed by atoms with Crippen LogP contribution in [0.1, 0.15) is 47.0 Å². The van der Waals surface area contributed by atoms with Gasteiger partial charge in [0.2, 0.25) is 0 Å². The molecule has 0 bridgehead atoms. The smallest absolute Gasteiger partial charge is 0.337 e. The number of anilines is 1. The lowest BCUT2D eigenvalue weighted by molar-refractivity contribution is 0.0598. The molecule has 132 valence electrons. The van der Waals surface area contributed by atoms with Crippen molar-refractivity contribution in [3.63, 3.8) is 0 Å². The summed E-state index contributed by atoms with van der Waals surface area (Å²) in [5, 5.41) is 0. The molecule has 26 heavy (non-hydrogen) atoms. The summed E-state index contributed by atoms with van der Waals surface area (Å²) in [7, 11) is 2.38. The van der Waals surface area contributed by atoms with E-state index in [4.69, 9.17) is 0 Å². The highest BCUT2D eigenvalue weighted by Crippen LogP contribution is 2.30. The van der Waals surface area contributed by atoms with E-state index in [-0.39, 0.29) is 27.9 Å². The summed E-state index contributed by atoms with van der Waals surface area (Å²) in [4.78, 5) is 50.2. The molecule has 2 aromatic rings. The molecule has 1 aliphatic rings. The van der Waals surface area contributed by atoms with Crippen LogP contribution in [0.25, 0.3) is 0 Å². The minimum atomic E-state index is -0.704. The molecule has 7 heteroatoms. The summed E-state index contributed by atoms with van der Waals surface area (Å²) in [6.07, 6.45) is 0. The second kappa shape index (κ2) is 6.44. The highest BCUT2D eigenvalue weighted by molar-refractivity contribution is 6.34. The molecule has 0 aliphatic carbocycles. The van der Waals surface area contributed by atoms with E-state index in [2.05, 4.69) is 9.47 Å². The fourth-order valence-electron chi connectivity index (χ4n) is 2.80. The Morgan fingerprint density at radius 2 is 1.35 bits per heavy atom. The molecule has 0 radical (unpaired) electrons. The minimum absolute atomic E-state index is 0.0261. The monoisotopic (exact) mass is 353 g/mol. The lowest BCUT2D eigenvalue weighted by Gasteiger charge is -2.16. The average Bonchev–Trinajstić information content (AvgIpc) is 2.89. The zero-order valence-corrected chi connectivity index (χ0v) is 14.4. The summed E-state index contributed by atoms with van der Waals surface area (Å²) in [5.41, 5.74) is 1.53. The first kappa shape index (κ1) is 17.3. The number of carbonyl (C=O) groups excluding carboxylic acids is 4. The fraction of sp³-hybridized carbons (Fsp3) is 0.158. The van der Waals surface area contributed by atoms with Gasteiger partial charge in [-0.1, -0.05) is 11.6 Å². The number of amides is 2. The number of benzene rings is 2. The molecule has 0 aromatic heterocycles.